The van der Waals surface area contributed by atoms with Crippen molar-refractivity contribution in [2.24, 2.45) is 5.92 Å². The molecule has 0 aromatic carbocycles. The van der Waals surface area contributed by atoms with Crippen LogP contribution in [0.4, 0.5) is 0 Å². The lowest BCUT2D eigenvalue weighted by Crippen LogP contribution is -2.59. The lowest BCUT2D eigenvalue weighted by Gasteiger charge is -2.43. The quantitative estimate of drug-likeness (QED) is 0.665. The third-order valence-corrected chi connectivity index (χ3v) is 1.96. The topological polar surface area (TPSA) is 21.3 Å². The molecular weight excluding hydrogens is 138 g/mol. The second kappa shape index (κ2) is 3.26. The zero-order chi connectivity index (χ0) is 8.32. The second-order valence-electron chi connectivity index (χ2n) is 3.72. The van der Waals surface area contributed by atoms with Gasteiger partial charge in [-0.05, 0) is 18.5 Å². The zero-order valence-electron chi connectivity index (χ0n) is 7.39. The predicted octanol–water partition coefficient (Wildman–Crippen LogP) is 1.53. The summed E-state index contributed by atoms with van der Waals surface area (Å²) in [5.74, 6) is 0.714. The fourth-order valence-corrected chi connectivity index (χ4v) is 1.61. The normalized spacial score (nSPS) is 21.0. The fraction of sp³-hybridized carbons (Fsp3) is 0.778. The summed E-state index contributed by atoms with van der Waals surface area (Å²) < 4.78 is 5.18. The van der Waals surface area contributed by atoms with Crippen LogP contribution in [-0.4, -0.2) is 18.8 Å². The molecule has 0 amide bonds. The molecule has 0 aromatic heterocycles. The van der Waals surface area contributed by atoms with Gasteiger partial charge in [0.05, 0.1) is 18.8 Å². The Morgan fingerprint density at radius 1 is 1.64 bits per heavy atom. The van der Waals surface area contributed by atoms with Crippen molar-refractivity contribution in [1.82, 2.24) is 5.32 Å². The van der Waals surface area contributed by atoms with E-state index >= 15 is 0 Å². The van der Waals surface area contributed by atoms with Crippen molar-refractivity contribution in [3.05, 3.63) is 12.8 Å². The van der Waals surface area contributed by atoms with E-state index in [9.17, 15) is 0 Å². The maximum Gasteiger partial charge on any atom is 0.0838 e. The van der Waals surface area contributed by atoms with E-state index in [-0.39, 0.29) is 5.54 Å². The summed E-state index contributed by atoms with van der Waals surface area (Å²) in [5, 5.41) is 3.27. The molecule has 0 unspecified atom stereocenters. The first kappa shape index (κ1) is 8.60. The summed E-state index contributed by atoms with van der Waals surface area (Å²) >= 11 is 0. The Balaban J connectivity index is 2.39. The molecule has 1 fully saturated rings. The Morgan fingerprint density at radius 3 is 2.55 bits per heavy atom. The van der Waals surface area contributed by atoms with Crippen LogP contribution >= 0.6 is 0 Å². The van der Waals surface area contributed by atoms with Crippen LogP contribution in [0, 0.1) is 5.92 Å². The minimum atomic E-state index is 0.204. The van der Waals surface area contributed by atoms with Crippen molar-refractivity contribution in [3.63, 3.8) is 0 Å². The summed E-state index contributed by atoms with van der Waals surface area (Å²) in [5.41, 5.74) is 0.204. The highest BCUT2D eigenvalue weighted by molar-refractivity contribution is 4.97. The summed E-state index contributed by atoms with van der Waals surface area (Å²) in [6.45, 7) is 9.78. The van der Waals surface area contributed by atoms with Crippen LogP contribution in [0.1, 0.15) is 20.3 Å². The van der Waals surface area contributed by atoms with E-state index in [1.165, 1.54) is 6.42 Å². The highest BCUT2D eigenvalue weighted by Gasteiger charge is 2.37. The molecule has 2 nitrogen and oxygen atoms in total. The molecule has 0 atom stereocenters. The third-order valence-electron chi connectivity index (χ3n) is 1.96. The first-order valence-electron chi connectivity index (χ1n) is 4.15. The van der Waals surface area contributed by atoms with E-state index < -0.39 is 0 Å². The summed E-state index contributed by atoms with van der Waals surface area (Å²) in [7, 11) is 0. The van der Waals surface area contributed by atoms with E-state index in [4.69, 9.17) is 4.74 Å². The second-order valence-corrected chi connectivity index (χ2v) is 3.72. The first-order chi connectivity index (χ1) is 5.18. The highest BCUT2D eigenvalue weighted by atomic mass is 16.5. The van der Waals surface area contributed by atoms with Crippen LogP contribution in [0.25, 0.3) is 0 Å². The fourth-order valence-electron chi connectivity index (χ4n) is 1.61. The largest absolute Gasteiger partial charge is 0.381 e. The van der Waals surface area contributed by atoms with Gasteiger partial charge in [0.15, 0.2) is 0 Å². The average Bonchev–Trinajstić information content (AvgIpc) is 1.82. The van der Waals surface area contributed by atoms with Crippen molar-refractivity contribution in [2.45, 2.75) is 25.8 Å². The Morgan fingerprint density at radius 2 is 2.27 bits per heavy atom. The molecule has 0 bridgehead atoms. The van der Waals surface area contributed by atoms with Crippen LogP contribution in [0.2, 0.25) is 0 Å². The Labute approximate surface area is 68.6 Å². The molecule has 1 rings (SSSR count). The van der Waals surface area contributed by atoms with Crippen molar-refractivity contribution in [2.75, 3.05) is 13.2 Å². The number of nitrogens with one attached hydrogen (secondary N) is 1. The maximum atomic E-state index is 5.18. The van der Waals surface area contributed by atoms with E-state index in [2.05, 4.69) is 25.7 Å². The van der Waals surface area contributed by atoms with Crippen LogP contribution in [0.3, 0.4) is 0 Å². The van der Waals surface area contributed by atoms with Gasteiger partial charge in [0.25, 0.3) is 0 Å². The molecule has 64 valence electrons. The van der Waals surface area contributed by atoms with Gasteiger partial charge in [-0.15, -0.1) is 0 Å². The SMILES string of the molecule is C=CNC1(CC(C)C)COC1. The Hall–Kier alpha value is -0.500. The van der Waals surface area contributed by atoms with Gasteiger partial charge in [-0.3, -0.25) is 0 Å². The van der Waals surface area contributed by atoms with E-state index in [1.54, 1.807) is 6.20 Å². The molecule has 1 N–H and O–H groups in total. The number of ether oxygens (including phenoxy) is 1. The number of rotatable bonds is 4. The molecule has 0 radical (unpaired) electrons. The molecule has 11 heavy (non-hydrogen) atoms. The molecule has 1 aliphatic rings. The van der Waals surface area contributed by atoms with Crippen molar-refractivity contribution >= 4 is 0 Å². The van der Waals surface area contributed by atoms with Gasteiger partial charge in [0.2, 0.25) is 0 Å². The smallest absolute Gasteiger partial charge is 0.0838 e. The lowest BCUT2D eigenvalue weighted by molar-refractivity contribution is -0.0768. The van der Waals surface area contributed by atoms with Crippen LogP contribution < -0.4 is 5.32 Å². The minimum absolute atomic E-state index is 0.204. The number of hydrogen-bond acceptors (Lipinski definition) is 2. The molecule has 1 aliphatic heterocycles. The molecule has 1 saturated heterocycles. The van der Waals surface area contributed by atoms with Crippen LogP contribution in [0.15, 0.2) is 12.8 Å². The highest BCUT2D eigenvalue weighted by Crippen LogP contribution is 2.24. The van der Waals surface area contributed by atoms with Crippen molar-refractivity contribution in [3.8, 4) is 0 Å². The molecule has 0 spiro atoms. The molecule has 0 aromatic rings. The molecule has 1 heterocycles. The van der Waals surface area contributed by atoms with E-state index in [0.29, 0.717) is 5.92 Å². The molecule has 2 heteroatoms. The third kappa shape index (κ3) is 1.96. The van der Waals surface area contributed by atoms with Crippen molar-refractivity contribution in [1.29, 1.82) is 0 Å². The Bertz CT molecular complexity index is 138. The van der Waals surface area contributed by atoms with Gasteiger partial charge in [-0.2, -0.15) is 0 Å². The minimum Gasteiger partial charge on any atom is -0.381 e. The van der Waals surface area contributed by atoms with E-state index in [1.807, 2.05) is 0 Å². The zero-order valence-corrected chi connectivity index (χ0v) is 7.39. The average molecular weight is 155 g/mol. The Kier molecular flexibility index (Phi) is 2.55. The van der Waals surface area contributed by atoms with Crippen LogP contribution in [0.5, 0.6) is 0 Å². The van der Waals surface area contributed by atoms with Crippen molar-refractivity contribution < 1.29 is 4.74 Å². The molecule has 0 saturated carbocycles. The van der Waals surface area contributed by atoms with Gasteiger partial charge in [-0.1, -0.05) is 20.4 Å². The van der Waals surface area contributed by atoms with E-state index in [0.717, 1.165) is 13.2 Å². The summed E-state index contributed by atoms with van der Waals surface area (Å²) in [6.07, 6.45) is 2.93. The monoisotopic (exact) mass is 155 g/mol. The number of hydrogen-bond donors (Lipinski definition) is 1. The van der Waals surface area contributed by atoms with Crippen LogP contribution in [-0.2, 0) is 4.74 Å². The summed E-state index contributed by atoms with van der Waals surface area (Å²) in [6, 6.07) is 0. The lowest BCUT2D eigenvalue weighted by atomic mass is 9.87. The molecular formula is C9H17NO. The van der Waals surface area contributed by atoms with Gasteiger partial charge in [-0.25, -0.2) is 0 Å². The van der Waals surface area contributed by atoms with Gasteiger partial charge >= 0.3 is 0 Å². The van der Waals surface area contributed by atoms with Gasteiger partial charge < -0.3 is 10.1 Å². The molecule has 0 aliphatic carbocycles. The first-order valence-corrected chi connectivity index (χ1v) is 4.15. The maximum absolute atomic E-state index is 5.18. The standard InChI is InChI=1S/C9H17NO/c1-4-10-9(5-8(2)3)6-11-7-9/h4,8,10H,1,5-7H2,2-3H3. The summed E-state index contributed by atoms with van der Waals surface area (Å²) in [4.78, 5) is 0. The van der Waals surface area contributed by atoms with Gasteiger partial charge in [0.1, 0.15) is 0 Å². The predicted molar refractivity (Wildman–Crippen MR) is 46.3 cm³/mol. The van der Waals surface area contributed by atoms with Gasteiger partial charge in [0, 0.05) is 0 Å².